The number of ether oxygens (including phenoxy) is 2. The molecule has 0 amide bonds. The fourth-order valence-electron chi connectivity index (χ4n) is 8.02. The Kier molecular flexibility index (Phi) is 4.91. The van der Waals surface area contributed by atoms with Crippen LogP contribution in [0.1, 0.15) is 65.7 Å². The third-order valence-corrected chi connectivity index (χ3v) is 9.31. The van der Waals surface area contributed by atoms with E-state index in [0.29, 0.717) is 30.3 Å². The minimum absolute atomic E-state index is 0.0735. The van der Waals surface area contributed by atoms with Crippen molar-refractivity contribution < 1.29 is 29.3 Å². The van der Waals surface area contributed by atoms with Gasteiger partial charge < -0.3 is 19.7 Å². The molecule has 6 heteroatoms. The van der Waals surface area contributed by atoms with Crippen molar-refractivity contribution in [1.82, 2.24) is 0 Å². The summed E-state index contributed by atoms with van der Waals surface area (Å²) in [5.41, 5.74) is 0.188. The predicted molar refractivity (Wildman–Crippen MR) is 112 cm³/mol. The largest absolute Gasteiger partial charge is 0.454 e. The first-order chi connectivity index (χ1) is 14.8. The molecular weight excluding hydrogens is 396 g/mol. The lowest BCUT2D eigenvalue weighted by Gasteiger charge is -2.59. The molecule has 4 aliphatic carbocycles. The second-order valence-electron chi connectivity index (χ2n) is 10.7. The summed E-state index contributed by atoms with van der Waals surface area (Å²) in [7, 11) is 0. The SMILES string of the molecule is CCCC1OC2=C(O1)[C@@]1(C)C(=CC2=O)CC[C@@H]2[C@@H]1[C@@H](O)C[C@]1(C)[C@@H](C(=O)CO)CC[C@@H]21. The molecule has 0 saturated heterocycles. The second kappa shape index (κ2) is 7.17. The molecule has 1 heterocycles. The van der Waals surface area contributed by atoms with Crippen molar-refractivity contribution in [3.05, 3.63) is 23.2 Å². The molecule has 6 nitrogen and oxygen atoms in total. The summed E-state index contributed by atoms with van der Waals surface area (Å²) in [6, 6.07) is 0. The van der Waals surface area contributed by atoms with E-state index in [0.717, 1.165) is 37.7 Å². The Morgan fingerprint density at radius 3 is 2.71 bits per heavy atom. The molecule has 1 unspecified atom stereocenters. The molecule has 1 aliphatic heterocycles. The average Bonchev–Trinajstić information content (AvgIpc) is 3.30. The van der Waals surface area contributed by atoms with Gasteiger partial charge in [-0.2, -0.15) is 0 Å². The van der Waals surface area contributed by atoms with E-state index in [2.05, 4.69) is 20.8 Å². The zero-order valence-corrected chi connectivity index (χ0v) is 18.7. The number of hydrogen-bond donors (Lipinski definition) is 2. The number of hydrogen-bond acceptors (Lipinski definition) is 6. The molecule has 5 rings (SSSR count). The number of carbonyl (C=O) groups is 2. The van der Waals surface area contributed by atoms with Gasteiger partial charge in [-0.1, -0.05) is 19.4 Å². The molecule has 0 aromatic heterocycles. The highest BCUT2D eigenvalue weighted by Gasteiger charge is 2.65. The fraction of sp³-hybridized carbons (Fsp3) is 0.760. The molecular formula is C25H34O6. The molecule has 0 bridgehead atoms. The summed E-state index contributed by atoms with van der Waals surface area (Å²) >= 11 is 0. The fourth-order valence-corrected chi connectivity index (χ4v) is 8.02. The van der Waals surface area contributed by atoms with Gasteiger partial charge in [0.2, 0.25) is 17.8 Å². The molecule has 2 N–H and O–H groups in total. The van der Waals surface area contributed by atoms with Gasteiger partial charge in [-0.05, 0) is 68.8 Å². The van der Waals surface area contributed by atoms with Crippen LogP contribution in [0.4, 0.5) is 0 Å². The van der Waals surface area contributed by atoms with Crippen molar-refractivity contribution in [2.24, 2.45) is 34.5 Å². The van der Waals surface area contributed by atoms with Crippen LogP contribution in [0.5, 0.6) is 0 Å². The normalized spacial score (nSPS) is 45.7. The monoisotopic (exact) mass is 430 g/mol. The standard InChI is InChI=1S/C25H34O6/c1-4-5-20-30-22-17(27)10-13-6-7-14-15-8-9-16(19(29)12-26)24(15,2)11-18(28)21(14)25(13,3)23(22)31-20/h10,14-16,18,20-21,26,28H,4-9,11-12H2,1-3H3/t14-,15-,16+,18-,20?,21+,24-,25-/m0/s1. The quantitative estimate of drug-likeness (QED) is 0.711. The number of ketones is 2. The first kappa shape index (κ1) is 21.2. The maximum atomic E-state index is 12.8. The van der Waals surface area contributed by atoms with Gasteiger partial charge in [0.15, 0.2) is 11.5 Å². The van der Waals surface area contributed by atoms with E-state index in [1.807, 2.05) is 0 Å². The highest BCUT2D eigenvalue weighted by molar-refractivity contribution is 6.05. The second-order valence-corrected chi connectivity index (χ2v) is 10.7. The number of aliphatic hydroxyl groups excluding tert-OH is 2. The number of carbonyl (C=O) groups excluding carboxylic acids is 2. The number of aliphatic hydroxyl groups is 2. The van der Waals surface area contributed by atoms with Crippen LogP contribution in [0.2, 0.25) is 0 Å². The van der Waals surface area contributed by atoms with Gasteiger partial charge >= 0.3 is 0 Å². The van der Waals surface area contributed by atoms with Crippen LogP contribution in [-0.4, -0.2) is 40.8 Å². The van der Waals surface area contributed by atoms with Gasteiger partial charge in [0, 0.05) is 18.3 Å². The van der Waals surface area contributed by atoms with E-state index in [1.165, 1.54) is 0 Å². The number of fused-ring (bicyclic) bond motifs is 6. The summed E-state index contributed by atoms with van der Waals surface area (Å²) in [6.07, 6.45) is 6.24. The predicted octanol–water partition coefficient (Wildman–Crippen LogP) is 3.27. The first-order valence-electron chi connectivity index (χ1n) is 11.9. The third-order valence-electron chi connectivity index (χ3n) is 9.31. The topological polar surface area (TPSA) is 93.1 Å². The van der Waals surface area contributed by atoms with Crippen molar-refractivity contribution in [3.8, 4) is 0 Å². The van der Waals surface area contributed by atoms with E-state index < -0.39 is 24.4 Å². The van der Waals surface area contributed by atoms with Crippen molar-refractivity contribution >= 4 is 11.6 Å². The lowest BCUT2D eigenvalue weighted by Crippen LogP contribution is -2.57. The molecule has 3 saturated carbocycles. The molecule has 170 valence electrons. The Labute approximate surface area is 183 Å². The maximum Gasteiger partial charge on any atom is 0.241 e. The summed E-state index contributed by atoms with van der Waals surface area (Å²) in [5.74, 6) is 1.02. The Balaban J connectivity index is 1.53. The smallest absolute Gasteiger partial charge is 0.241 e. The van der Waals surface area contributed by atoms with E-state index in [4.69, 9.17) is 9.47 Å². The third kappa shape index (κ3) is 2.76. The van der Waals surface area contributed by atoms with Crippen LogP contribution in [0.15, 0.2) is 23.2 Å². The number of Topliss-reactive ketones (excluding diaryl/α,β-unsaturated/α-hetero) is 1. The Bertz CT molecular complexity index is 873. The summed E-state index contributed by atoms with van der Waals surface area (Å²) in [5, 5.41) is 21.0. The van der Waals surface area contributed by atoms with Crippen molar-refractivity contribution in [1.29, 1.82) is 0 Å². The van der Waals surface area contributed by atoms with Crippen LogP contribution in [-0.2, 0) is 19.1 Å². The number of allylic oxidation sites excluding steroid dienone is 2. The van der Waals surface area contributed by atoms with Crippen molar-refractivity contribution in [2.45, 2.75) is 78.1 Å². The molecule has 31 heavy (non-hydrogen) atoms. The van der Waals surface area contributed by atoms with Crippen molar-refractivity contribution in [3.63, 3.8) is 0 Å². The zero-order valence-electron chi connectivity index (χ0n) is 18.7. The van der Waals surface area contributed by atoms with Crippen LogP contribution >= 0.6 is 0 Å². The van der Waals surface area contributed by atoms with Crippen LogP contribution in [0, 0.1) is 34.5 Å². The minimum atomic E-state index is -0.608. The van der Waals surface area contributed by atoms with E-state index >= 15 is 0 Å². The van der Waals surface area contributed by atoms with Crippen LogP contribution in [0.3, 0.4) is 0 Å². The highest BCUT2D eigenvalue weighted by Crippen LogP contribution is 2.68. The lowest BCUT2D eigenvalue weighted by atomic mass is 9.46. The number of rotatable bonds is 4. The maximum absolute atomic E-state index is 12.8. The highest BCUT2D eigenvalue weighted by atomic mass is 16.7. The van der Waals surface area contributed by atoms with Gasteiger partial charge in [-0.3, -0.25) is 9.59 Å². The molecule has 5 aliphatic rings. The van der Waals surface area contributed by atoms with Gasteiger partial charge in [-0.25, -0.2) is 0 Å². The Hall–Kier alpha value is -1.66. The van der Waals surface area contributed by atoms with E-state index in [-0.39, 0.29) is 34.7 Å². The van der Waals surface area contributed by atoms with Gasteiger partial charge in [0.1, 0.15) is 6.61 Å². The molecule has 0 aromatic rings. The van der Waals surface area contributed by atoms with Crippen LogP contribution < -0.4 is 0 Å². The van der Waals surface area contributed by atoms with Crippen molar-refractivity contribution in [2.75, 3.05) is 6.61 Å². The molecule has 0 aromatic carbocycles. The summed E-state index contributed by atoms with van der Waals surface area (Å²) in [6.45, 7) is 5.89. The molecule has 0 spiro atoms. The summed E-state index contributed by atoms with van der Waals surface area (Å²) < 4.78 is 12.2. The Morgan fingerprint density at radius 2 is 2.00 bits per heavy atom. The van der Waals surface area contributed by atoms with Gasteiger partial charge in [0.05, 0.1) is 11.5 Å². The molecule has 0 radical (unpaired) electrons. The van der Waals surface area contributed by atoms with Gasteiger partial charge in [0.25, 0.3) is 0 Å². The molecule has 3 fully saturated rings. The minimum Gasteiger partial charge on any atom is -0.454 e. The first-order valence-corrected chi connectivity index (χ1v) is 11.9. The Morgan fingerprint density at radius 1 is 1.23 bits per heavy atom. The van der Waals surface area contributed by atoms with Gasteiger partial charge in [-0.15, -0.1) is 0 Å². The molecule has 8 atom stereocenters. The van der Waals surface area contributed by atoms with E-state index in [1.54, 1.807) is 6.08 Å². The summed E-state index contributed by atoms with van der Waals surface area (Å²) in [4.78, 5) is 25.3. The zero-order chi connectivity index (χ0) is 22.1. The lowest BCUT2D eigenvalue weighted by molar-refractivity contribution is -0.146. The van der Waals surface area contributed by atoms with E-state index in [9.17, 15) is 19.8 Å². The van der Waals surface area contributed by atoms with Crippen LogP contribution in [0.25, 0.3) is 0 Å². The average molecular weight is 431 g/mol.